The summed E-state index contributed by atoms with van der Waals surface area (Å²) in [6.07, 6.45) is -1.09. The first kappa shape index (κ1) is 17.7. The van der Waals surface area contributed by atoms with Crippen molar-refractivity contribution >= 4 is 11.9 Å². The van der Waals surface area contributed by atoms with Crippen LogP contribution in [0.1, 0.15) is 27.7 Å². The van der Waals surface area contributed by atoms with E-state index in [0.717, 1.165) is 0 Å². The van der Waals surface area contributed by atoms with Gasteiger partial charge < -0.3 is 18.9 Å². The van der Waals surface area contributed by atoms with E-state index in [1.54, 1.807) is 6.92 Å². The van der Waals surface area contributed by atoms with Crippen molar-refractivity contribution in [2.45, 2.75) is 40.1 Å². The zero-order valence-corrected chi connectivity index (χ0v) is 13.1. The highest BCUT2D eigenvalue weighted by Gasteiger charge is 2.38. The van der Waals surface area contributed by atoms with Gasteiger partial charge in [-0.05, 0) is 12.8 Å². The Morgan fingerprint density at radius 1 is 1.24 bits per heavy atom. The molecule has 0 N–H and O–H groups in total. The zero-order valence-electron chi connectivity index (χ0n) is 13.1. The van der Waals surface area contributed by atoms with Crippen molar-refractivity contribution in [3.05, 3.63) is 12.2 Å². The van der Waals surface area contributed by atoms with Crippen LogP contribution in [0.25, 0.3) is 0 Å². The number of hydrogen-bond acceptors (Lipinski definition) is 6. The second-order valence-electron chi connectivity index (χ2n) is 5.40. The minimum atomic E-state index is -0.636. The molecule has 6 heteroatoms. The molecule has 0 aromatic rings. The van der Waals surface area contributed by atoms with Crippen LogP contribution in [-0.2, 0) is 28.5 Å². The van der Waals surface area contributed by atoms with Gasteiger partial charge >= 0.3 is 11.9 Å². The van der Waals surface area contributed by atoms with Crippen molar-refractivity contribution in [3.63, 3.8) is 0 Å². The Kier molecular flexibility index (Phi) is 6.84. The topological polar surface area (TPSA) is 71.1 Å². The molecule has 0 aromatic carbocycles. The number of rotatable bonds is 6. The van der Waals surface area contributed by atoms with Crippen LogP contribution in [0.3, 0.4) is 0 Å². The van der Waals surface area contributed by atoms with E-state index in [1.807, 2.05) is 13.8 Å². The minimum absolute atomic E-state index is 0.0995. The molecule has 4 unspecified atom stereocenters. The summed E-state index contributed by atoms with van der Waals surface area (Å²) in [4.78, 5) is 22.4. The van der Waals surface area contributed by atoms with Gasteiger partial charge in [-0.1, -0.05) is 20.4 Å². The van der Waals surface area contributed by atoms with E-state index in [-0.39, 0.29) is 31.0 Å². The fraction of sp³-hybridized carbons (Fsp3) is 0.733. The van der Waals surface area contributed by atoms with Gasteiger partial charge in [0.2, 0.25) is 0 Å². The van der Waals surface area contributed by atoms with Gasteiger partial charge in [0.1, 0.15) is 6.61 Å². The fourth-order valence-corrected chi connectivity index (χ4v) is 1.98. The lowest BCUT2D eigenvalue weighted by molar-refractivity contribution is -0.252. The number of ether oxygens (including phenoxy) is 4. The number of carbonyl (C=O) groups excluding carboxylic acids is 2. The van der Waals surface area contributed by atoms with Crippen molar-refractivity contribution in [2.24, 2.45) is 11.8 Å². The van der Waals surface area contributed by atoms with Gasteiger partial charge in [-0.25, -0.2) is 4.79 Å². The molecule has 0 aromatic heterocycles. The smallest absolute Gasteiger partial charge is 0.333 e. The van der Waals surface area contributed by atoms with Crippen LogP contribution in [0.15, 0.2) is 12.2 Å². The lowest BCUT2D eigenvalue weighted by atomic mass is 9.88. The van der Waals surface area contributed by atoms with E-state index >= 15 is 0 Å². The third-order valence-electron chi connectivity index (χ3n) is 3.46. The van der Waals surface area contributed by atoms with Crippen molar-refractivity contribution in [2.75, 3.05) is 19.8 Å². The summed E-state index contributed by atoms with van der Waals surface area (Å²) in [6.45, 7) is 11.3. The third kappa shape index (κ3) is 5.47. The molecule has 120 valence electrons. The molecule has 6 nitrogen and oxygen atoms in total. The Hall–Kier alpha value is -1.40. The molecule has 1 fully saturated rings. The Morgan fingerprint density at radius 3 is 2.48 bits per heavy atom. The third-order valence-corrected chi connectivity index (χ3v) is 3.46. The predicted molar refractivity (Wildman–Crippen MR) is 75.3 cm³/mol. The standard InChI is InChI=1S/C15H24O6/c1-9(2)14(17)18-6-7-19-15-13(21-12(5)16)11(4)10(3)8-20-15/h10-11,13,15H,1,6-8H2,2-5H3. The highest BCUT2D eigenvalue weighted by molar-refractivity contribution is 5.86. The number of hydrogen-bond donors (Lipinski definition) is 0. The lowest BCUT2D eigenvalue weighted by Gasteiger charge is -2.38. The zero-order chi connectivity index (χ0) is 16.0. The van der Waals surface area contributed by atoms with Crippen LogP contribution in [-0.4, -0.2) is 44.2 Å². The van der Waals surface area contributed by atoms with Gasteiger partial charge in [-0.3, -0.25) is 4.79 Å². The van der Waals surface area contributed by atoms with E-state index < -0.39 is 18.4 Å². The Balaban J connectivity index is 2.45. The van der Waals surface area contributed by atoms with Gasteiger partial charge in [-0.2, -0.15) is 0 Å². The Morgan fingerprint density at radius 2 is 1.90 bits per heavy atom. The van der Waals surface area contributed by atoms with Crippen LogP contribution in [0, 0.1) is 11.8 Å². The maximum absolute atomic E-state index is 11.2. The summed E-state index contributed by atoms with van der Waals surface area (Å²) in [5.74, 6) is -0.422. The predicted octanol–water partition coefficient (Wildman–Crippen LogP) is 1.68. The second-order valence-corrected chi connectivity index (χ2v) is 5.40. The van der Waals surface area contributed by atoms with Crippen LogP contribution in [0.5, 0.6) is 0 Å². The van der Waals surface area contributed by atoms with E-state index in [4.69, 9.17) is 18.9 Å². The van der Waals surface area contributed by atoms with Crippen molar-refractivity contribution in [1.29, 1.82) is 0 Å². The Bertz CT molecular complexity index is 392. The van der Waals surface area contributed by atoms with Gasteiger partial charge in [0.05, 0.1) is 13.2 Å². The largest absolute Gasteiger partial charge is 0.460 e. The molecule has 0 aliphatic carbocycles. The summed E-state index contributed by atoms with van der Waals surface area (Å²) in [7, 11) is 0. The molecule has 21 heavy (non-hydrogen) atoms. The first-order valence-corrected chi connectivity index (χ1v) is 7.06. The first-order chi connectivity index (χ1) is 9.82. The molecular formula is C15H24O6. The molecule has 4 atom stereocenters. The lowest BCUT2D eigenvalue weighted by Crippen LogP contribution is -2.48. The normalized spacial score (nSPS) is 28.8. The highest BCUT2D eigenvalue weighted by atomic mass is 16.7. The van der Waals surface area contributed by atoms with Crippen molar-refractivity contribution < 1.29 is 28.5 Å². The summed E-state index contributed by atoms with van der Waals surface area (Å²) in [5.41, 5.74) is 0.337. The molecule has 1 aliphatic heterocycles. The minimum Gasteiger partial charge on any atom is -0.460 e. The molecule has 0 radical (unpaired) electrons. The van der Waals surface area contributed by atoms with Gasteiger partial charge in [0, 0.05) is 18.4 Å². The van der Waals surface area contributed by atoms with Crippen molar-refractivity contribution in [1.82, 2.24) is 0 Å². The summed E-state index contributed by atoms with van der Waals surface area (Å²) in [6, 6.07) is 0. The monoisotopic (exact) mass is 300 g/mol. The summed E-state index contributed by atoms with van der Waals surface area (Å²) >= 11 is 0. The maximum atomic E-state index is 11.2. The SMILES string of the molecule is C=C(C)C(=O)OCCOC1OCC(C)C(C)C1OC(C)=O. The number of esters is 2. The molecule has 0 amide bonds. The molecule has 1 heterocycles. The summed E-state index contributed by atoms with van der Waals surface area (Å²) < 4.78 is 21.3. The molecule has 0 spiro atoms. The number of carbonyl (C=O) groups is 2. The highest BCUT2D eigenvalue weighted by Crippen LogP contribution is 2.28. The quantitative estimate of drug-likeness (QED) is 0.422. The average Bonchev–Trinajstić information content (AvgIpc) is 2.41. The molecule has 1 aliphatic rings. The van der Waals surface area contributed by atoms with Crippen LogP contribution < -0.4 is 0 Å². The summed E-state index contributed by atoms with van der Waals surface area (Å²) in [5, 5.41) is 0. The van der Waals surface area contributed by atoms with Crippen LogP contribution >= 0.6 is 0 Å². The fourth-order valence-electron chi connectivity index (χ4n) is 1.98. The molecular weight excluding hydrogens is 276 g/mol. The first-order valence-electron chi connectivity index (χ1n) is 7.06. The van der Waals surface area contributed by atoms with E-state index in [9.17, 15) is 9.59 Å². The molecule has 0 saturated carbocycles. The average molecular weight is 300 g/mol. The van der Waals surface area contributed by atoms with Crippen LogP contribution in [0.4, 0.5) is 0 Å². The Labute approximate surface area is 125 Å². The molecule has 1 saturated heterocycles. The molecule has 0 bridgehead atoms. The van der Waals surface area contributed by atoms with E-state index in [0.29, 0.717) is 12.2 Å². The van der Waals surface area contributed by atoms with E-state index in [1.165, 1.54) is 6.92 Å². The van der Waals surface area contributed by atoms with Crippen molar-refractivity contribution in [3.8, 4) is 0 Å². The van der Waals surface area contributed by atoms with Gasteiger partial charge in [-0.15, -0.1) is 0 Å². The van der Waals surface area contributed by atoms with E-state index in [2.05, 4.69) is 6.58 Å². The van der Waals surface area contributed by atoms with Gasteiger partial charge in [0.15, 0.2) is 12.4 Å². The second kappa shape index (κ2) is 8.14. The maximum Gasteiger partial charge on any atom is 0.333 e. The van der Waals surface area contributed by atoms with Crippen LogP contribution in [0.2, 0.25) is 0 Å². The molecule has 1 rings (SSSR count). The van der Waals surface area contributed by atoms with Gasteiger partial charge in [0.25, 0.3) is 0 Å².